The molecule has 12 nitrogen and oxygen atoms in total. The summed E-state index contributed by atoms with van der Waals surface area (Å²) in [5.74, 6) is -4.06. The zero-order valence-corrected chi connectivity index (χ0v) is 32.2. The van der Waals surface area contributed by atoms with Crippen LogP contribution in [0.3, 0.4) is 0 Å². The van der Waals surface area contributed by atoms with E-state index in [4.69, 9.17) is 23.7 Å². The molecule has 3 fully saturated rings. The van der Waals surface area contributed by atoms with Gasteiger partial charge in [0, 0.05) is 11.8 Å². The summed E-state index contributed by atoms with van der Waals surface area (Å²) in [5.41, 5.74) is -5.79. The highest BCUT2D eigenvalue weighted by Gasteiger charge is 2.52. The van der Waals surface area contributed by atoms with Gasteiger partial charge in [-0.25, -0.2) is 12.8 Å². The first kappa shape index (κ1) is 40.9. The fraction of sp³-hybridized carbons (Fsp3) is 0.390. The first-order valence-electron chi connectivity index (χ1n) is 18.5. The van der Waals surface area contributed by atoms with Crippen molar-refractivity contribution in [2.45, 2.75) is 80.4 Å². The van der Waals surface area contributed by atoms with Gasteiger partial charge < -0.3 is 34.3 Å². The Morgan fingerprint density at radius 3 is 2.40 bits per heavy atom. The maximum atomic E-state index is 15.4. The number of sulfone groups is 1. The highest BCUT2D eigenvalue weighted by atomic mass is 32.2. The average Bonchev–Trinajstić information content (AvgIpc) is 3.80. The van der Waals surface area contributed by atoms with Gasteiger partial charge in [-0.05, 0) is 79.6 Å². The Morgan fingerprint density at radius 1 is 0.931 bits per heavy atom. The molecule has 4 aromatic carbocycles. The van der Waals surface area contributed by atoms with Crippen LogP contribution in [-0.4, -0.2) is 70.0 Å². The summed E-state index contributed by atoms with van der Waals surface area (Å²) in [6.07, 6.45) is -0.239. The molecule has 2 N–H and O–H groups in total. The molecule has 0 aromatic heterocycles. The van der Waals surface area contributed by atoms with Crippen molar-refractivity contribution in [2.24, 2.45) is 11.3 Å². The number of esters is 1. The van der Waals surface area contributed by atoms with Crippen LogP contribution >= 0.6 is 0 Å². The van der Waals surface area contributed by atoms with Crippen molar-refractivity contribution in [1.82, 2.24) is 5.32 Å². The first-order chi connectivity index (χ1) is 27.6. The number of anilines is 1. The van der Waals surface area contributed by atoms with E-state index >= 15 is 4.39 Å². The molecule has 2 aliphatic carbocycles. The zero-order chi connectivity index (χ0) is 41.4. The molecule has 0 bridgehead atoms. The highest BCUT2D eigenvalue weighted by Crippen LogP contribution is 2.41. The van der Waals surface area contributed by atoms with E-state index < -0.39 is 73.6 Å². The number of amides is 2. The number of halogens is 4. The molecule has 0 spiro atoms. The average molecular weight is 829 g/mol. The number of hydrogen-bond donors (Lipinski definition) is 2. The van der Waals surface area contributed by atoms with Crippen LogP contribution in [0.2, 0.25) is 0 Å². The molecular weight excluding hydrogens is 789 g/mol. The number of rotatable bonds is 11. The number of methoxy groups -OCH3 is 1. The normalized spacial score (nSPS) is 24.5. The SMILES string of the molecule is COc1cc(F)c(OC2CCC(C)(C(=O)OCc3cccc4ccccc34)CC2)cc1C(=O)N[C@@H]1[C@H]2OCO[C@H]2C[C@@H]1C(=O)Nc1cccc(S(=O)(=O)C(F)(F)F)c1. The molecule has 4 aromatic rings. The lowest BCUT2D eigenvalue weighted by Crippen LogP contribution is -2.48. The molecule has 2 amide bonds. The van der Waals surface area contributed by atoms with E-state index in [1.807, 2.05) is 49.4 Å². The van der Waals surface area contributed by atoms with E-state index in [1.165, 1.54) is 19.2 Å². The van der Waals surface area contributed by atoms with Crippen LogP contribution in [0.15, 0.2) is 83.8 Å². The first-order valence-corrected chi connectivity index (χ1v) is 20.0. The van der Waals surface area contributed by atoms with E-state index in [2.05, 4.69) is 10.6 Å². The summed E-state index contributed by atoms with van der Waals surface area (Å²) in [6.45, 7) is 1.84. The fourth-order valence-corrected chi connectivity index (χ4v) is 8.61. The minimum Gasteiger partial charge on any atom is -0.496 e. The van der Waals surface area contributed by atoms with Crippen LogP contribution in [0.1, 0.15) is 54.9 Å². The monoisotopic (exact) mass is 828 g/mol. The second-order valence-electron chi connectivity index (χ2n) is 14.8. The van der Waals surface area contributed by atoms with Gasteiger partial charge in [0.2, 0.25) is 5.91 Å². The maximum absolute atomic E-state index is 15.4. The lowest BCUT2D eigenvalue weighted by Gasteiger charge is -2.35. The topological polar surface area (TPSA) is 156 Å². The molecule has 308 valence electrons. The van der Waals surface area contributed by atoms with Crippen molar-refractivity contribution in [3.05, 3.63) is 95.8 Å². The van der Waals surface area contributed by atoms with Gasteiger partial charge in [0.05, 0.1) is 47.2 Å². The number of fused-ring (bicyclic) bond motifs is 2. The molecule has 0 radical (unpaired) electrons. The molecule has 7 rings (SSSR count). The van der Waals surface area contributed by atoms with Gasteiger partial charge in [-0.15, -0.1) is 0 Å². The van der Waals surface area contributed by atoms with E-state index in [-0.39, 0.29) is 48.5 Å². The lowest BCUT2D eigenvalue weighted by atomic mass is 9.74. The Morgan fingerprint density at radius 2 is 1.66 bits per heavy atom. The van der Waals surface area contributed by atoms with Gasteiger partial charge in [0.25, 0.3) is 15.7 Å². The maximum Gasteiger partial charge on any atom is 0.501 e. The summed E-state index contributed by atoms with van der Waals surface area (Å²) in [6, 6.07) is 18.5. The van der Waals surface area contributed by atoms with Crippen molar-refractivity contribution >= 4 is 44.1 Å². The number of benzene rings is 4. The van der Waals surface area contributed by atoms with E-state index in [9.17, 15) is 36.0 Å². The quantitative estimate of drug-likeness (QED) is 0.121. The summed E-state index contributed by atoms with van der Waals surface area (Å²) >= 11 is 0. The van der Waals surface area contributed by atoms with Crippen molar-refractivity contribution in [3.8, 4) is 11.5 Å². The summed E-state index contributed by atoms with van der Waals surface area (Å²) in [5, 5.41) is 7.25. The van der Waals surface area contributed by atoms with Crippen molar-refractivity contribution in [1.29, 1.82) is 0 Å². The number of hydrogen-bond acceptors (Lipinski definition) is 10. The summed E-state index contributed by atoms with van der Waals surface area (Å²) in [4.78, 5) is 39.7. The van der Waals surface area contributed by atoms with Gasteiger partial charge in [0.15, 0.2) is 11.6 Å². The molecule has 1 saturated heterocycles. The molecule has 4 atom stereocenters. The summed E-state index contributed by atoms with van der Waals surface area (Å²) < 4.78 is 107. The van der Waals surface area contributed by atoms with Gasteiger partial charge in [0.1, 0.15) is 25.3 Å². The standard InChI is InChI=1S/C41H40F4N2O10S/c1-40(39(50)54-21-24-9-5-8-23-7-3-4-12-28(23)24)15-13-26(14-16-40)57-33-18-29(32(53-2)20-31(33)42)37(48)47-35-30(19-34-36(35)56-22-55-34)38(49)46-25-10-6-11-27(17-25)58(51,52)41(43,44)45/h3-12,17-18,20,26,30,34-36H,13-16,19,21-22H2,1-2H3,(H,46,49)(H,47,48)/t26?,30-,34-,35-,36-,40?/m0/s1. The van der Waals surface area contributed by atoms with Crippen LogP contribution in [0.4, 0.5) is 23.2 Å². The van der Waals surface area contributed by atoms with E-state index in [0.717, 1.165) is 34.5 Å². The third kappa shape index (κ3) is 8.20. The predicted molar refractivity (Wildman–Crippen MR) is 200 cm³/mol. The second-order valence-corrected chi connectivity index (χ2v) is 16.8. The Balaban J connectivity index is 1.01. The molecule has 1 heterocycles. The molecule has 58 heavy (non-hydrogen) atoms. The number of ether oxygens (including phenoxy) is 5. The lowest BCUT2D eigenvalue weighted by molar-refractivity contribution is -0.159. The predicted octanol–water partition coefficient (Wildman–Crippen LogP) is 6.85. The van der Waals surface area contributed by atoms with E-state index in [0.29, 0.717) is 31.7 Å². The molecule has 3 aliphatic rings. The van der Waals surface area contributed by atoms with Crippen LogP contribution in [0, 0.1) is 17.2 Å². The number of alkyl halides is 3. The smallest absolute Gasteiger partial charge is 0.496 e. The third-order valence-electron chi connectivity index (χ3n) is 11.1. The third-order valence-corrected chi connectivity index (χ3v) is 12.6. The fourth-order valence-electron chi connectivity index (χ4n) is 7.80. The molecule has 2 saturated carbocycles. The van der Waals surface area contributed by atoms with Crippen LogP contribution < -0.4 is 20.1 Å². The van der Waals surface area contributed by atoms with E-state index in [1.54, 1.807) is 0 Å². The van der Waals surface area contributed by atoms with Crippen LogP contribution in [0.25, 0.3) is 10.8 Å². The zero-order valence-electron chi connectivity index (χ0n) is 31.3. The van der Waals surface area contributed by atoms with Gasteiger partial charge in [-0.2, -0.15) is 13.2 Å². The Bertz CT molecular complexity index is 2330. The highest BCUT2D eigenvalue weighted by molar-refractivity contribution is 7.92. The van der Waals surface area contributed by atoms with Gasteiger partial charge >= 0.3 is 11.5 Å². The minimum atomic E-state index is -5.69. The van der Waals surface area contributed by atoms with Gasteiger partial charge in [-0.1, -0.05) is 48.5 Å². The second kappa shape index (κ2) is 16.2. The van der Waals surface area contributed by atoms with Crippen LogP contribution in [-0.2, 0) is 40.2 Å². The molecule has 17 heteroatoms. The largest absolute Gasteiger partial charge is 0.501 e. The molecule has 0 unspecified atom stereocenters. The van der Waals surface area contributed by atoms with Crippen molar-refractivity contribution in [2.75, 3.05) is 19.2 Å². The minimum absolute atomic E-state index is 0.0498. The number of nitrogens with one attached hydrogen (secondary N) is 2. The molecule has 1 aliphatic heterocycles. The Hall–Kier alpha value is -5.26. The molecular formula is C41H40F4N2O10S. The van der Waals surface area contributed by atoms with Crippen molar-refractivity contribution < 1.29 is 64.0 Å². The van der Waals surface area contributed by atoms with Gasteiger partial charge in [-0.3, -0.25) is 14.4 Å². The Labute approximate surface area is 331 Å². The summed E-state index contributed by atoms with van der Waals surface area (Å²) in [7, 11) is -4.44. The number of carbonyl (C=O) groups is 3. The van der Waals surface area contributed by atoms with Crippen LogP contribution in [0.5, 0.6) is 11.5 Å². The number of carbonyl (C=O) groups excluding carboxylic acids is 3. The van der Waals surface area contributed by atoms with Crippen molar-refractivity contribution in [3.63, 3.8) is 0 Å². The Kier molecular flexibility index (Phi) is 11.4.